The number of nitrogens with one attached hydrogen (secondary N) is 3. The van der Waals surface area contributed by atoms with E-state index in [1.165, 1.54) is 25.1 Å². The highest BCUT2D eigenvalue weighted by molar-refractivity contribution is 7.89. The third-order valence-corrected chi connectivity index (χ3v) is 5.17. The van der Waals surface area contributed by atoms with Gasteiger partial charge in [-0.2, -0.15) is 9.94 Å². The molecule has 0 aliphatic heterocycles. The molecule has 2 aromatic rings. The first-order valence-electron chi connectivity index (χ1n) is 7.65. The van der Waals surface area contributed by atoms with Gasteiger partial charge in [0.2, 0.25) is 15.9 Å². The molecule has 1 amide bonds. The highest BCUT2D eigenvalue weighted by Crippen LogP contribution is 2.16. The summed E-state index contributed by atoms with van der Waals surface area (Å²) in [4.78, 5) is 12.3. The quantitative estimate of drug-likeness (QED) is 0.624. The molecule has 11 heteroatoms. The van der Waals surface area contributed by atoms with Crippen LogP contribution in [0.1, 0.15) is 38.6 Å². The number of amides is 1. The minimum Gasteiger partial charge on any atom is -0.345 e. The lowest BCUT2D eigenvalue weighted by atomic mass is 10.1. The lowest BCUT2D eigenvalue weighted by Gasteiger charge is -2.19. The Morgan fingerprint density at radius 1 is 1.40 bits per heavy atom. The van der Waals surface area contributed by atoms with Gasteiger partial charge >= 0.3 is 0 Å². The van der Waals surface area contributed by atoms with Crippen LogP contribution in [0.15, 0.2) is 29.2 Å². The summed E-state index contributed by atoms with van der Waals surface area (Å²) >= 11 is 5.82. The number of carbonyl (C=O) groups is 1. The number of halogens is 1. The third kappa shape index (κ3) is 5.21. The van der Waals surface area contributed by atoms with Crippen molar-refractivity contribution < 1.29 is 13.2 Å². The zero-order valence-corrected chi connectivity index (χ0v) is 15.3. The Bertz CT molecular complexity index is 812. The van der Waals surface area contributed by atoms with Crippen LogP contribution < -0.4 is 10.0 Å². The number of aromatic amines is 1. The standard InChI is InChI=1S/C14H19ClN6O3S/c1-3-5-12(13-17-20-21-18-13)16-14(22)9(2)19-25(23,24)11-7-4-6-10(15)8-11/h4,6-9,12,19H,3,5H2,1-2H3,(H,16,22)(H,17,18,20,21)/t9-,12?/m0/s1. The smallest absolute Gasteiger partial charge is 0.241 e. The molecule has 0 bridgehead atoms. The molecule has 0 saturated heterocycles. The molecule has 1 heterocycles. The van der Waals surface area contributed by atoms with Crippen LogP contribution in [-0.4, -0.2) is 41.0 Å². The van der Waals surface area contributed by atoms with Crippen LogP contribution in [0.2, 0.25) is 5.02 Å². The number of hydrogen-bond acceptors (Lipinski definition) is 6. The fraction of sp³-hybridized carbons (Fsp3) is 0.429. The summed E-state index contributed by atoms with van der Waals surface area (Å²) in [5, 5.41) is 16.6. The molecule has 0 fully saturated rings. The van der Waals surface area contributed by atoms with Crippen LogP contribution in [0.5, 0.6) is 0 Å². The van der Waals surface area contributed by atoms with Gasteiger partial charge in [-0.3, -0.25) is 4.79 Å². The van der Waals surface area contributed by atoms with Gasteiger partial charge in [0, 0.05) is 5.02 Å². The molecule has 1 aromatic carbocycles. The number of aromatic nitrogens is 4. The monoisotopic (exact) mass is 386 g/mol. The summed E-state index contributed by atoms with van der Waals surface area (Å²) < 4.78 is 27.0. The number of benzene rings is 1. The number of nitrogens with zero attached hydrogens (tertiary/aromatic N) is 3. The van der Waals surface area contributed by atoms with Crippen LogP contribution in [-0.2, 0) is 14.8 Å². The van der Waals surface area contributed by atoms with Crippen molar-refractivity contribution in [3.63, 3.8) is 0 Å². The van der Waals surface area contributed by atoms with E-state index in [9.17, 15) is 13.2 Å². The Kier molecular flexibility index (Phi) is 6.45. The SMILES string of the molecule is CCCC(NC(=O)[C@H](C)NS(=O)(=O)c1cccc(Cl)c1)c1nn[nH]n1. The zero-order valence-electron chi connectivity index (χ0n) is 13.7. The van der Waals surface area contributed by atoms with Crippen LogP contribution in [0, 0.1) is 0 Å². The molecule has 0 spiro atoms. The predicted octanol–water partition coefficient (Wildman–Crippen LogP) is 1.18. The minimum atomic E-state index is -3.87. The molecular weight excluding hydrogens is 368 g/mol. The van der Waals surface area contributed by atoms with Gasteiger partial charge in [-0.15, -0.1) is 10.2 Å². The Morgan fingerprint density at radius 3 is 2.76 bits per heavy atom. The van der Waals surface area contributed by atoms with Gasteiger partial charge in [0.05, 0.1) is 17.0 Å². The third-order valence-electron chi connectivity index (χ3n) is 3.40. The number of hydrogen-bond donors (Lipinski definition) is 3. The van der Waals surface area contributed by atoms with Gasteiger partial charge < -0.3 is 5.32 Å². The van der Waals surface area contributed by atoms with E-state index >= 15 is 0 Å². The molecule has 136 valence electrons. The second-order valence-corrected chi connectivity index (χ2v) is 7.57. The molecule has 2 atom stereocenters. The molecule has 0 aliphatic carbocycles. The molecule has 25 heavy (non-hydrogen) atoms. The Morgan fingerprint density at radius 2 is 2.16 bits per heavy atom. The van der Waals surface area contributed by atoms with E-state index in [1.807, 2.05) is 6.92 Å². The van der Waals surface area contributed by atoms with Gasteiger partial charge in [0.1, 0.15) is 0 Å². The maximum atomic E-state index is 12.3. The highest BCUT2D eigenvalue weighted by Gasteiger charge is 2.25. The predicted molar refractivity (Wildman–Crippen MR) is 91.2 cm³/mol. The Balaban J connectivity index is 2.06. The maximum Gasteiger partial charge on any atom is 0.241 e. The van der Waals surface area contributed by atoms with E-state index in [0.717, 1.165) is 6.42 Å². The van der Waals surface area contributed by atoms with Crippen molar-refractivity contribution >= 4 is 27.5 Å². The topological polar surface area (TPSA) is 130 Å². The van der Waals surface area contributed by atoms with Crippen molar-refractivity contribution in [1.82, 2.24) is 30.7 Å². The van der Waals surface area contributed by atoms with Gasteiger partial charge in [-0.1, -0.05) is 36.2 Å². The second kappa shape index (κ2) is 8.37. The molecular formula is C14H19ClN6O3S. The van der Waals surface area contributed by atoms with E-state index in [-0.39, 0.29) is 4.90 Å². The average Bonchev–Trinajstić information content (AvgIpc) is 3.08. The van der Waals surface area contributed by atoms with Gasteiger partial charge in [-0.05, 0) is 31.5 Å². The molecule has 1 unspecified atom stereocenters. The van der Waals surface area contributed by atoms with Crippen LogP contribution in [0.3, 0.4) is 0 Å². The van der Waals surface area contributed by atoms with Gasteiger partial charge in [-0.25, -0.2) is 8.42 Å². The first-order valence-corrected chi connectivity index (χ1v) is 9.51. The summed E-state index contributed by atoms with van der Waals surface area (Å²) in [5.41, 5.74) is 0. The lowest BCUT2D eigenvalue weighted by molar-refractivity contribution is -0.123. The van der Waals surface area contributed by atoms with Crippen LogP contribution in [0.25, 0.3) is 0 Å². The molecule has 3 N–H and O–H groups in total. The van der Waals surface area contributed by atoms with E-state index in [2.05, 4.69) is 30.7 Å². The van der Waals surface area contributed by atoms with E-state index in [0.29, 0.717) is 17.3 Å². The highest BCUT2D eigenvalue weighted by atomic mass is 35.5. The van der Waals surface area contributed by atoms with E-state index < -0.39 is 28.0 Å². The summed E-state index contributed by atoms with van der Waals surface area (Å²) in [6.07, 6.45) is 1.38. The molecule has 0 radical (unpaired) electrons. The van der Waals surface area contributed by atoms with Crippen molar-refractivity contribution in [2.24, 2.45) is 0 Å². The summed E-state index contributed by atoms with van der Waals surface area (Å²) in [7, 11) is -3.87. The number of tetrazole rings is 1. The molecule has 0 saturated carbocycles. The van der Waals surface area contributed by atoms with Crippen molar-refractivity contribution in [1.29, 1.82) is 0 Å². The number of H-pyrrole nitrogens is 1. The fourth-order valence-electron chi connectivity index (χ4n) is 2.16. The van der Waals surface area contributed by atoms with Crippen molar-refractivity contribution in [3.8, 4) is 0 Å². The van der Waals surface area contributed by atoms with Crippen molar-refractivity contribution in [2.75, 3.05) is 0 Å². The Hall–Kier alpha value is -2.04. The number of rotatable bonds is 8. The summed E-state index contributed by atoms with van der Waals surface area (Å²) in [5.74, 6) is -0.144. The second-order valence-electron chi connectivity index (χ2n) is 5.42. The lowest BCUT2D eigenvalue weighted by Crippen LogP contribution is -2.46. The number of carbonyl (C=O) groups excluding carboxylic acids is 1. The number of sulfonamides is 1. The van der Waals surface area contributed by atoms with E-state index in [1.54, 1.807) is 6.07 Å². The first-order chi connectivity index (χ1) is 11.8. The average molecular weight is 387 g/mol. The van der Waals surface area contributed by atoms with Crippen LogP contribution in [0.4, 0.5) is 0 Å². The maximum absolute atomic E-state index is 12.3. The van der Waals surface area contributed by atoms with Crippen molar-refractivity contribution in [3.05, 3.63) is 35.1 Å². The normalized spacial score (nSPS) is 14.0. The summed E-state index contributed by atoms with van der Waals surface area (Å²) in [6, 6.07) is 4.36. The minimum absolute atomic E-state index is 0.0112. The molecule has 0 aliphatic rings. The van der Waals surface area contributed by atoms with E-state index in [4.69, 9.17) is 11.6 Å². The summed E-state index contributed by atoms with van der Waals surface area (Å²) in [6.45, 7) is 3.40. The first kappa shape index (κ1) is 19.3. The van der Waals surface area contributed by atoms with Crippen molar-refractivity contribution in [2.45, 2.75) is 43.7 Å². The zero-order chi connectivity index (χ0) is 18.4. The largest absolute Gasteiger partial charge is 0.345 e. The van der Waals surface area contributed by atoms with Gasteiger partial charge in [0.25, 0.3) is 0 Å². The fourth-order valence-corrected chi connectivity index (χ4v) is 3.66. The molecule has 9 nitrogen and oxygen atoms in total. The molecule has 2 rings (SSSR count). The Labute approximate surface area is 150 Å². The van der Waals surface area contributed by atoms with Gasteiger partial charge in [0.15, 0.2) is 5.82 Å². The van der Waals surface area contributed by atoms with Crippen LogP contribution >= 0.6 is 11.6 Å². The molecule has 1 aromatic heterocycles.